The van der Waals surface area contributed by atoms with E-state index in [9.17, 15) is 23.2 Å². The number of hydrogen-bond acceptors (Lipinski definition) is 5. The SMILES string of the molecule is CCCC#Cc1ccc(S(=O)(=O)N(O)[C@@H]([C]=O)C(N)=O)cc1. The zero-order valence-electron chi connectivity index (χ0n) is 11.8. The lowest BCUT2D eigenvalue weighted by molar-refractivity contribution is -0.126. The Bertz CT molecular complexity index is 701. The molecule has 0 saturated heterocycles. The highest BCUT2D eigenvalue weighted by Gasteiger charge is 2.34. The standard InChI is InChI=1S/C14H15N2O5S/c1-2-3-4-5-11-6-8-12(9-7-11)22(20,21)16(19)13(10-17)14(15)18/h6-9,13,19H,2-3H2,1H3,(H2,15,18)/t13-/m0/s1. The highest BCUT2D eigenvalue weighted by Crippen LogP contribution is 2.16. The molecule has 0 aliphatic rings. The van der Waals surface area contributed by atoms with Crippen molar-refractivity contribution in [2.24, 2.45) is 5.73 Å². The molecule has 1 aromatic rings. The van der Waals surface area contributed by atoms with Crippen LogP contribution in [-0.4, -0.2) is 36.3 Å². The number of benzene rings is 1. The summed E-state index contributed by atoms with van der Waals surface area (Å²) in [6.07, 6.45) is 2.71. The van der Waals surface area contributed by atoms with Crippen LogP contribution in [0.15, 0.2) is 29.2 Å². The van der Waals surface area contributed by atoms with Gasteiger partial charge >= 0.3 is 0 Å². The number of sulfonamides is 1. The van der Waals surface area contributed by atoms with E-state index in [0.717, 1.165) is 19.1 Å². The molecular formula is C14H15N2O5S. The van der Waals surface area contributed by atoms with Crippen molar-refractivity contribution in [1.82, 2.24) is 4.47 Å². The van der Waals surface area contributed by atoms with Gasteiger partial charge in [-0.3, -0.25) is 14.8 Å². The van der Waals surface area contributed by atoms with E-state index in [-0.39, 0.29) is 4.90 Å². The van der Waals surface area contributed by atoms with Gasteiger partial charge in [0.1, 0.15) is 0 Å². The van der Waals surface area contributed by atoms with Gasteiger partial charge in [0.05, 0.1) is 4.90 Å². The summed E-state index contributed by atoms with van der Waals surface area (Å²) >= 11 is 0. The first-order chi connectivity index (χ1) is 10.3. The topological polar surface area (TPSA) is 118 Å². The second kappa shape index (κ2) is 7.70. The summed E-state index contributed by atoms with van der Waals surface area (Å²) < 4.78 is 23.7. The summed E-state index contributed by atoms with van der Waals surface area (Å²) in [5.41, 5.74) is 5.43. The summed E-state index contributed by atoms with van der Waals surface area (Å²) in [5.74, 6) is 4.42. The average molecular weight is 323 g/mol. The highest BCUT2D eigenvalue weighted by atomic mass is 32.2. The molecule has 0 unspecified atom stereocenters. The molecule has 22 heavy (non-hydrogen) atoms. The summed E-state index contributed by atoms with van der Waals surface area (Å²) in [7, 11) is -4.46. The van der Waals surface area contributed by atoms with Crippen LogP contribution in [0.4, 0.5) is 0 Å². The molecule has 0 aliphatic heterocycles. The maximum atomic E-state index is 12.1. The largest absolute Gasteiger partial charge is 0.368 e. The molecule has 0 aromatic heterocycles. The normalized spacial score (nSPS) is 12.3. The van der Waals surface area contributed by atoms with Crippen LogP contribution >= 0.6 is 0 Å². The predicted octanol–water partition coefficient (Wildman–Crippen LogP) is 0.182. The van der Waals surface area contributed by atoms with Gasteiger partial charge in [0.2, 0.25) is 12.2 Å². The first-order valence-corrected chi connectivity index (χ1v) is 7.77. The van der Waals surface area contributed by atoms with Crippen molar-refractivity contribution in [2.75, 3.05) is 0 Å². The Morgan fingerprint density at radius 1 is 1.36 bits per heavy atom. The number of amides is 1. The fourth-order valence-corrected chi connectivity index (χ4v) is 2.58. The molecule has 0 saturated carbocycles. The molecule has 8 heteroatoms. The third-order valence-electron chi connectivity index (χ3n) is 2.61. The van der Waals surface area contributed by atoms with E-state index in [0.29, 0.717) is 5.56 Å². The van der Waals surface area contributed by atoms with E-state index < -0.39 is 26.4 Å². The Hall–Kier alpha value is -2.21. The molecule has 0 aliphatic carbocycles. The maximum Gasteiger partial charge on any atom is 0.266 e. The van der Waals surface area contributed by atoms with Crippen LogP contribution in [0.3, 0.4) is 0 Å². The zero-order chi connectivity index (χ0) is 16.8. The van der Waals surface area contributed by atoms with Crippen LogP contribution in [0.2, 0.25) is 0 Å². The van der Waals surface area contributed by atoms with Crippen molar-refractivity contribution in [2.45, 2.75) is 30.7 Å². The molecule has 1 rings (SSSR count). The molecule has 0 bridgehead atoms. The van der Waals surface area contributed by atoms with Gasteiger partial charge in [-0.2, -0.15) is 0 Å². The van der Waals surface area contributed by atoms with Gasteiger partial charge in [0.15, 0.2) is 6.04 Å². The first-order valence-electron chi connectivity index (χ1n) is 6.33. The van der Waals surface area contributed by atoms with Crippen LogP contribution in [0.25, 0.3) is 0 Å². The fraction of sp³-hybridized carbons (Fsp3) is 0.286. The van der Waals surface area contributed by atoms with Crippen LogP contribution in [0.5, 0.6) is 0 Å². The number of hydroxylamine groups is 1. The predicted molar refractivity (Wildman–Crippen MR) is 77.7 cm³/mol. The van der Waals surface area contributed by atoms with Gasteiger partial charge in [0.25, 0.3) is 10.0 Å². The zero-order valence-corrected chi connectivity index (χ0v) is 12.6. The summed E-state index contributed by atoms with van der Waals surface area (Å²) in [6, 6.07) is 3.21. The van der Waals surface area contributed by atoms with Crippen molar-refractivity contribution in [1.29, 1.82) is 0 Å². The minimum Gasteiger partial charge on any atom is -0.368 e. The van der Waals surface area contributed by atoms with Gasteiger partial charge < -0.3 is 5.73 Å². The second-order valence-corrected chi connectivity index (χ2v) is 6.07. The first kappa shape index (κ1) is 17.8. The van der Waals surface area contributed by atoms with Crippen molar-refractivity contribution < 1.29 is 23.2 Å². The monoisotopic (exact) mass is 323 g/mol. The van der Waals surface area contributed by atoms with Crippen LogP contribution in [-0.2, 0) is 19.6 Å². The lowest BCUT2D eigenvalue weighted by Crippen LogP contribution is -2.46. The van der Waals surface area contributed by atoms with Gasteiger partial charge in [-0.15, -0.1) is 0 Å². The Balaban J connectivity index is 3.06. The molecule has 3 N–H and O–H groups in total. The molecule has 117 valence electrons. The molecular weight excluding hydrogens is 308 g/mol. The summed E-state index contributed by atoms with van der Waals surface area (Å²) in [5, 5.41) is 9.56. The van der Waals surface area contributed by atoms with Gasteiger partial charge in [-0.25, -0.2) is 8.42 Å². The van der Waals surface area contributed by atoms with Gasteiger partial charge in [-0.1, -0.05) is 23.2 Å². The summed E-state index contributed by atoms with van der Waals surface area (Å²) in [6.45, 7) is 1.99. The van der Waals surface area contributed by atoms with E-state index in [1.807, 2.05) is 6.92 Å². The number of carbonyl (C=O) groups is 1. The smallest absolute Gasteiger partial charge is 0.266 e. The van der Waals surface area contributed by atoms with Gasteiger partial charge in [-0.05, 0) is 30.7 Å². The Kier molecular flexibility index (Phi) is 6.24. The highest BCUT2D eigenvalue weighted by molar-refractivity contribution is 7.89. The molecule has 0 spiro atoms. The van der Waals surface area contributed by atoms with Crippen molar-refractivity contribution in [3.63, 3.8) is 0 Å². The Morgan fingerprint density at radius 3 is 2.41 bits per heavy atom. The third kappa shape index (κ3) is 4.14. The minimum atomic E-state index is -4.46. The van der Waals surface area contributed by atoms with Crippen LogP contribution in [0.1, 0.15) is 25.3 Å². The number of nitrogens with two attached hydrogens (primary N) is 1. The number of primary amides is 1. The number of nitrogens with zero attached hydrogens (tertiary/aromatic N) is 1. The lowest BCUT2D eigenvalue weighted by Gasteiger charge is -2.17. The van der Waals surface area contributed by atoms with Crippen molar-refractivity contribution >= 4 is 22.2 Å². The quantitative estimate of drug-likeness (QED) is 0.440. The molecule has 1 radical (unpaired) electrons. The van der Waals surface area contributed by atoms with E-state index in [1.54, 1.807) is 0 Å². The van der Waals surface area contributed by atoms with Crippen molar-refractivity contribution in [3.8, 4) is 11.8 Å². The maximum absolute atomic E-state index is 12.1. The lowest BCUT2D eigenvalue weighted by atomic mass is 10.2. The van der Waals surface area contributed by atoms with E-state index in [1.165, 1.54) is 24.3 Å². The van der Waals surface area contributed by atoms with E-state index in [4.69, 9.17) is 5.73 Å². The molecule has 0 heterocycles. The Morgan fingerprint density at radius 2 is 1.95 bits per heavy atom. The Labute approximate surface area is 128 Å². The molecule has 0 fully saturated rings. The number of hydrogen-bond donors (Lipinski definition) is 2. The van der Waals surface area contributed by atoms with E-state index >= 15 is 0 Å². The van der Waals surface area contributed by atoms with Crippen LogP contribution < -0.4 is 5.73 Å². The third-order valence-corrected chi connectivity index (χ3v) is 4.18. The van der Waals surface area contributed by atoms with Crippen LogP contribution in [0, 0.1) is 11.8 Å². The number of carbonyl (C=O) groups excluding carboxylic acids is 2. The minimum absolute atomic E-state index is 0.308. The fourth-order valence-electron chi connectivity index (χ4n) is 1.46. The molecule has 1 amide bonds. The molecule has 1 aromatic carbocycles. The summed E-state index contributed by atoms with van der Waals surface area (Å²) in [4.78, 5) is 21.2. The molecule has 1 atom stereocenters. The number of unbranched alkanes of at least 4 members (excludes halogenated alkanes) is 1. The van der Waals surface area contributed by atoms with Gasteiger partial charge in [0, 0.05) is 12.0 Å². The number of rotatable bonds is 6. The average Bonchev–Trinajstić information content (AvgIpc) is 2.48. The molecule has 7 nitrogen and oxygen atoms in total. The second-order valence-electron chi connectivity index (χ2n) is 4.28. The van der Waals surface area contributed by atoms with Crippen molar-refractivity contribution in [3.05, 3.63) is 29.8 Å². The van der Waals surface area contributed by atoms with E-state index in [2.05, 4.69) is 11.8 Å².